The molecule has 126 valence electrons. The van der Waals surface area contributed by atoms with E-state index in [-0.39, 0.29) is 30.8 Å². The van der Waals surface area contributed by atoms with Crippen LogP contribution in [0.1, 0.15) is 25.7 Å². The van der Waals surface area contributed by atoms with E-state index in [2.05, 4.69) is 4.98 Å². The molecule has 2 aliphatic rings. The van der Waals surface area contributed by atoms with Crippen molar-refractivity contribution in [1.82, 2.24) is 14.2 Å². The van der Waals surface area contributed by atoms with Crippen molar-refractivity contribution in [2.75, 3.05) is 26.2 Å². The Hall–Kier alpha value is -1.54. The lowest BCUT2D eigenvalue weighted by Gasteiger charge is -2.36. The quantitative estimate of drug-likeness (QED) is 0.828. The molecule has 0 N–H and O–H groups in total. The zero-order chi connectivity index (χ0) is 16.5. The molecule has 0 bridgehead atoms. The summed E-state index contributed by atoms with van der Waals surface area (Å²) < 4.78 is 41.2. The first-order chi connectivity index (χ1) is 10.9. The number of carbonyl (C=O) groups excluding carboxylic acids is 1. The standard InChI is InChI=1S/C15H20FN3O3S/c16-15(14(20)18-8-1-2-9-18)5-10-19(11-6-15)23(21,22)13-4-3-7-17-12-13/h3-4,7,12H,1-2,5-6,8-11H2. The lowest BCUT2D eigenvalue weighted by Crippen LogP contribution is -2.52. The van der Waals surface area contributed by atoms with Gasteiger partial charge in [-0.25, -0.2) is 12.8 Å². The molecule has 0 spiro atoms. The molecule has 0 aliphatic carbocycles. The second-order valence-corrected chi connectivity index (χ2v) is 8.00. The summed E-state index contributed by atoms with van der Waals surface area (Å²) in [5.74, 6) is -0.478. The Labute approximate surface area is 135 Å². The van der Waals surface area contributed by atoms with E-state index in [1.807, 2.05) is 0 Å². The van der Waals surface area contributed by atoms with Crippen molar-refractivity contribution < 1.29 is 17.6 Å². The maximum atomic E-state index is 15.0. The number of alkyl halides is 1. The molecule has 0 unspecified atom stereocenters. The summed E-state index contributed by atoms with van der Waals surface area (Å²) in [7, 11) is -3.68. The minimum Gasteiger partial charge on any atom is -0.340 e. The molecule has 0 radical (unpaired) electrons. The van der Waals surface area contributed by atoms with Crippen LogP contribution in [0.4, 0.5) is 4.39 Å². The van der Waals surface area contributed by atoms with Crippen LogP contribution in [0.25, 0.3) is 0 Å². The van der Waals surface area contributed by atoms with Gasteiger partial charge in [-0.2, -0.15) is 4.31 Å². The van der Waals surface area contributed by atoms with Crippen molar-refractivity contribution >= 4 is 15.9 Å². The van der Waals surface area contributed by atoms with E-state index in [0.717, 1.165) is 12.8 Å². The number of pyridine rings is 1. The highest BCUT2D eigenvalue weighted by Gasteiger charge is 2.46. The van der Waals surface area contributed by atoms with Crippen LogP contribution in [0.3, 0.4) is 0 Å². The van der Waals surface area contributed by atoms with Gasteiger partial charge in [-0.15, -0.1) is 0 Å². The van der Waals surface area contributed by atoms with E-state index < -0.39 is 21.6 Å². The third-order valence-electron chi connectivity index (χ3n) is 4.56. The number of amides is 1. The highest BCUT2D eigenvalue weighted by Crippen LogP contribution is 2.32. The molecule has 1 aromatic rings. The number of halogens is 1. The number of hydrogen-bond donors (Lipinski definition) is 0. The number of sulfonamides is 1. The van der Waals surface area contributed by atoms with Gasteiger partial charge in [-0.05, 0) is 25.0 Å². The summed E-state index contributed by atoms with van der Waals surface area (Å²) >= 11 is 0. The molecule has 0 aromatic carbocycles. The fourth-order valence-corrected chi connectivity index (χ4v) is 4.55. The molecule has 0 atom stereocenters. The first-order valence-corrected chi connectivity index (χ1v) is 9.26. The van der Waals surface area contributed by atoms with Gasteiger partial charge in [0.15, 0.2) is 5.67 Å². The van der Waals surface area contributed by atoms with Crippen LogP contribution in [-0.2, 0) is 14.8 Å². The molecule has 2 aliphatic heterocycles. The van der Waals surface area contributed by atoms with Crippen LogP contribution in [0.15, 0.2) is 29.4 Å². The normalized spacial score (nSPS) is 22.2. The zero-order valence-electron chi connectivity index (χ0n) is 12.8. The summed E-state index contributed by atoms with van der Waals surface area (Å²) in [5.41, 5.74) is -1.94. The van der Waals surface area contributed by atoms with Gasteiger partial charge in [0.2, 0.25) is 10.0 Å². The van der Waals surface area contributed by atoms with Crippen LogP contribution in [0.5, 0.6) is 0 Å². The Kier molecular flexibility index (Phi) is 4.37. The third-order valence-corrected chi connectivity index (χ3v) is 6.45. The highest BCUT2D eigenvalue weighted by atomic mass is 32.2. The van der Waals surface area contributed by atoms with Crippen molar-refractivity contribution in [3.05, 3.63) is 24.5 Å². The van der Waals surface area contributed by atoms with E-state index in [0.29, 0.717) is 13.1 Å². The Balaban J connectivity index is 1.69. The van der Waals surface area contributed by atoms with E-state index >= 15 is 0 Å². The van der Waals surface area contributed by atoms with Crippen molar-refractivity contribution in [2.24, 2.45) is 0 Å². The third kappa shape index (κ3) is 3.10. The zero-order valence-corrected chi connectivity index (χ0v) is 13.6. The SMILES string of the molecule is O=C(N1CCCC1)C1(F)CCN(S(=O)(=O)c2cccnc2)CC1. The Morgan fingerprint density at radius 1 is 1.17 bits per heavy atom. The molecule has 2 saturated heterocycles. The fraction of sp³-hybridized carbons (Fsp3) is 0.600. The van der Waals surface area contributed by atoms with Crippen LogP contribution >= 0.6 is 0 Å². The van der Waals surface area contributed by atoms with E-state index in [1.165, 1.54) is 22.8 Å². The molecule has 1 amide bonds. The predicted molar refractivity (Wildman–Crippen MR) is 81.9 cm³/mol. The minimum atomic E-state index is -3.68. The Morgan fingerprint density at radius 3 is 2.39 bits per heavy atom. The van der Waals surface area contributed by atoms with Crippen LogP contribution in [-0.4, -0.2) is 60.4 Å². The molecule has 2 fully saturated rings. The smallest absolute Gasteiger partial charge is 0.260 e. The maximum Gasteiger partial charge on any atom is 0.260 e. The molecule has 6 nitrogen and oxygen atoms in total. The molecular formula is C15H20FN3O3S. The number of piperidine rings is 1. The largest absolute Gasteiger partial charge is 0.340 e. The molecule has 0 saturated carbocycles. The Bertz CT molecular complexity index is 666. The lowest BCUT2D eigenvalue weighted by molar-refractivity contribution is -0.145. The average molecular weight is 341 g/mol. The number of carbonyl (C=O) groups is 1. The lowest BCUT2D eigenvalue weighted by atomic mass is 9.93. The summed E-state index contributed by atoms with van der Waals surface area (Å²) in [6, 6.07) is 3.02. The van der Waals surface area contributed by atoms with Gasteiger partial charge in [0.25, 0.3) is 5.91 Å². The average Bonchev–Trinajstić information content (AvgIpc) is 3.10. The Morgan fingerprint density at radius 2 is 1.83 bits per heavy atom. The topological polar surface area (TPSA) is 70.6 Å². The number of nitrogens with zero attached hydrogens (tertiary/aromatic N) is 3. The van der Waals surface area contributed by atoms with Crippen LogP contribution < -0.4 is 0 Å². The van der Waals surface area contributed by atoms with Gasteiger partial charge in [0.1, 0.15) is 4.90 Å². The predicted octanol–water partition coefficient (Wildman–Crippen LogP) is 1.20. The molecule has 23 heavy (non-hydrogen) atoms. The maximum absolute atomic E-state index is 15.0. The fourth-order valence-electron chi connectivity index (χ4n) is 3.15. The van der Waals surface area contributed by atoms with Crippen molar-refractivity contribution in [3.8, 4) is 0 Å². The molecule has 8 heteroatoms. The summed E-state index contributed by atoms with van der Waals surface area (Å²) in [6.07, 6.45) is 4.40. The first-order valence-electron chi connectivity index (χ1n) is 7.82. The number of rotatable bonds is 3. The number of aromatic nitrogens is 1. The minimum absolute atomic E-state index is 0.00725. The first kappa shape index (κ1) is 16.3. The molecular weight excluding hydrogens is 321 g/mol. The monoisotopic (exact) mass is 341 g/mol. The van der Waals surface area contributed by atoms with Crippen molar-refractivity contribution in [3.63, 3.8) is 0 Å². The van der Waals surface area contributed by atoms with Gasteiger partial charge >= 0.3 is 0 Å². The summed E-state index contributed by atoms with van der Waals surface area (Å²) in [4.78, 5) is 17.8. The van der Waals surface area contributed by atoms with E-state index in [9.17, 15) is 17.6 Å². The molecule has 3 heterocycles. The van der Waals surface area contributed by atoms with Gasteiger partial charge in [0, 0.05) is 51.4 Å². The molecule has 1 aromatic heterocycles. The van der Waals surface area contributed by atoms with Gasteiger partial charge in [-0.3, -0.25) is 9.78 Å². The van der Waals surface area contributed by atoms with Crippen LogP contribution in [0.2, 0.25) is 0 Å². The second-order valence-electron chi connectivity index (χ2n) is 6.06. The van der Waals surface area contributed by atoms with Gasteiger partial charge in [0.05, 0.1) is 0 Å². The number of hydrogen-bond acceptors (Lipinski definition) is 4. The summed E-state index contributed by atoms with van der Waals surface area (Å²) in [5, 5.41) is 0. The van der Waals surface area contributed by atoms with E-state index in [1.54, 1.807) is 11.0 Å². The van der Waals surface area contributed by atoms with Gasteiger partial charge < -0.3 is 4.90 Å². The highest BCUT2D eigenvalue weighted by molar-refractivity contribution is 7.89. The van der Waals surface area contributed by atoms with E-state index in [4.69, 9.17) is 0 Å². The van der Waals surface area contributed by atoms with Crippen molar-refractivity contribution in [1.29, 1.82) is 0 Å². The molecule has 3 rings (SSSR count). The van der Waals surface area contributed by atoms with Crippen molar-refractivity contribution in [2.45, 2.75) is 36.2 Å². The second kappa shape index (κ2) is 6.16. The van der Waals surface area contributed by atoms with Gasteiger partial charge in [-0.1, -0.05) is 0 Å². The van der Waals surface area contributed by atoms with Crippen LogP contribution in [0, 0.1) is 0 Å². The summed E-state index contributed by atoms with van der Waals surface area (Å²) in [6.45, 7) is 1.21. The number of likely N-dealkylation sites (tertiary alicyclic amines) is 1.